The van der Waals surface area contributed by atoms with E-state index < -0.39 is 0 Å². The topological polar surface area (TPSA) is 43.4 Å². The van der Waals surface area contributed by atoms with Gasteiger partial charge in [0.15, 0.2) is 11.6 Å². The maximum atomic E-state index is 12.4. The zero-order valence-electron chi connectivity index (χ0n) is 12.7. The van der Waals surface area contributed by atoms with Crippen LogP contribution in [0.3, 0.4) is 0 Å². The highest BCUT2D eigenvalue weighted by molar-refractivity contribution is 8.03. The summed E-state index contributed by atoms with van der Waals surface area (Å²) in [4.78, 5) is 26.7. The van der Waals surface area contributed by atoms with E-state index in [2.05, 4.69) is 0 Å². The van der Waals surface area contributed by atoms with Gasteiger partial charge in [-0.1, -0.05) is 30.0 Å². The molecule has 116 valence electrons. The highest BCUT2D eigenvalue weighted by Gasteiger charge is 2.41. The van der Waals surface area contributed by atoms with Crippen molar-refractivity contribution in [2.24, 2.45) is 11.8 Å². The molecule has 1 aromatic carbocycles. The fraction of sp³-hybridized carbons (Fsp3) is 0.444. The Morgan fingerprint density at radius 1 is 1.18 bits per heavy atom. The van der Waals surface area contributed by atoms with Crippen LogP contribution in [0.25, 0.3) is 0 Å². The Morgan fingerprint density at radius 2 is 1.91 bits per heavy atom. The molecule has 1 fully saturated rings. The third-order valence-corrected chi connectivity index (χ3v) is 5.28. The summed E-state index contributed by atoms with van der Waals surface area (Å²) in [6.45, 7) is 2.89. The van der Waals surface area contributed by atoms with Crippen molar-refractivity contribution in [3.05, 3.63) is 40.8 Å². The smallest absolute Gasteiger partial charge is 0.167 e. The lowest BCUT2D eigenvalue weighted by Crippen LogP contribution is -2.31. The molecule has 3 nitrogen and oxygen atoms in total. The number of rotatable bonds is 6. The molecule has 0 N–H and O–H groups in total. The monoisotopic (exact) mass is 316 g/mol. The van der Waals surface area contributed by atoms with E-state index in [-0.39, 0.29) is 23.9 Å². The standard InChI is InChI=1S/C18H20O3S/c1-2-21-11-14-15(19)10-16(20)17(12-8-9-12)18(14)22-13-6-4-3-5-7-13/h3-7,12,14H,2,8-11H2,1H3. The summed E-state index contributed by atoms with van der Waals surface area (Å²) >= 11 is 1.56. The Labute approximate surface area is 135 Å². The van der Waals surface area contributed by atoms with Crippen molar-refractivity contribution >= 4 is 23.3 Å². The largest absolute Gasteiger partial charge is 0.381 e. The molecule has 1 atom stereocenters. The van der Waals surface area contributed by atoms with Gasteiger partial charge < -0.3 is 4.74 Å². The van der Waals surface area contributed by atoms with Gasteiger partial charge in [-0.15, -0.1) is 0 Å². The molecule has 1 unspecified atom stereocenters. The lowest BCUT2D eigenvalue weighted by Gasteiger charge is -2.26. The van der Waals surface area contributed by atoms with E-state index in [0.717, 1.165) is 28.2 Å². The van der Waals surface area contributed by atoms with E-state index in [0.29, 0.717) is 19.1 Å². The number of allylic oxidation sites excluding steroid dienone is 1. The van der Waals surface area contributed by atoms with Crippen LogP contribution in [0.2, 0.25) is 0 Å². The molecule has 0 amide bonds. The minimum absolute atomic E-state index is 0.00119. The summed E-state index contributed by atoms with van der Waals surface area (Å²) in [5, 5.41) is 0. The van der Waals surface area contributed by atoms with E-state index >= 15 is 0 Å². The van der Waals surface area contributed by atoms with Crippen molar-refractivity contribution in [1.29, 1.82) is 0 Å². The summed E-state index contributed by atoms with van der Waals surface area (Å²) in [5.74, 6) is 0.106. The van der Waals surface area contributed by atoms with Crippen molar-refractivity contribution in [3.63, 3.8) is 0 Å². The first-order valence-electron chi connectivity index (χ1n) is 7.81. The lowest BCUT2D eigenvalue weighted by atomic mass is 9.86. The van der Waals surface area contributed by atoms with Gasteiger partial charge >= 0.3 is 0 Å². The van der Waals surface area contributed by atoms with Gasteiger partial charge in [0.05, 0.1) is 18.9 Å². The zero-order chi connectivity index (χ0) is 15.5. The number of hydrogen-bond donors (Lipinski definition) is 0. The molecular weight excluding hydrogens is 296 g/mol. The highest BCUT2D eigenvalue weighted by Crippen LogP contribution is 2.47. The fourth-order valence-electron chi connectivity index (χ4n) is 2.79. The Kier molecular flexibility index (Phi) is 4.79. The number of thioether (sulfide) groups is 1. The zero-order valence-corrected chi connectivity index (χ0v) is 13.5. The van der Waals surface area contributed by atoms with E-state index in [1.807, 2.05) is 37.3 Å². The minimum Gasteiger partial charge on any atom is -0.381 e. The van der Waals surface area contributed by atoms with Crippen molar-refractivity contribution in [3.8, 4) is 0 Å². The second-order valence-corrected chi connectivity index (χ2v) is 6.86. The number of Topliss-reactive ketones (excluding diaryl/α,β-unsaturated/α-hetero) is 2. The molecule has 2 aliphatic rings. The highest BCUT2D eigenvalue weighted by atomic mass is 32.2. The fourth-order valence-corrected chi connectivity index (χ4v) is 4.07. The summed E-state index contributed by atoms with van der Waals surface area (Å²) in [5.41, 5.74) is 0.901. The first-order valence-corrected chi connectivity index (χ1v) is 8.63. The van der Waals surface area contributed by atoms with Gasteiger partial charge in [0, 0.05) is 22.0 Å². The Balaban J connectivity index is 1.96. The van der Waals surface area contributed by atoms with Crippen LogP contribution >= 0.6 is 11.8 Å². The summed E-state index contributed by atoms with van der Waals surface area (Å²) < 4.78 is 5.52. The van der Waals surface area contributed by atoms with E-state index in [1.54, 1.807) is 11.8 Å². The van der Waals surface area contributed by atoms with Crippen LogP contribution in [0.15, 0.2) is 45.7 Å². The average Bonchev–Trinajstić information content (AvgIpc) is 3.32. The van der Waals surface area contributed by atoms with Crippen LogP contribution in [-0.4, -0.2) is 24.8 Å². The van der Waals surface area contributed by atoms with Crippen LogP contribution < -0.4 is 0 Å². The maximum Gasteiger partial charge on any atom is 0.167 e. The number of benzene rings is 1. The molecule has 0 spiro atoms. The Morgan fingerprint density at radius 3 is 2.55 bits per heavy atom. The maximum absolute atomic E-state index is 12.4. The summed E-state index contributed by atoms with van der Waals surface area (Å²) in [6.07, 6.45) is 2.17. The number of ether oxygens (including phenoxy) is 1. The van der Waals surface area contributed by atoms with Gasteiger partial charge in [0.25, 0.3) is 0 Å². The van der Waals surface area contributed by atoms with Crippen molar-refractivity contribution in [2.75, 3.05) is 13.2 Å². The van der Waals surface area contributed by atoms with E-state index in [1.165, 1.54) is 0 Å². The van der Waals surface area contributed by atoms with Crippen molar-refractivity contribution < 1.29 is 14.3 Å². The summed E-state index contributed by atoms with van der Waals surface area (Å²) in [7, 11) is 0. The van der Waals surface area contributed by atoms with Crippen molar-refractivity contribution in [2.45, 2.75) is 31.1 Å². The molecule has 0 saturated heterocycles. The number of ketones is 2. The number of carbonyl (C=O) groups is 2. The number of carbonyl (C=O) groups excluding carboxylic acids is 2. The molecule has 0 heterocycles. The van der Waals surface area contributed by atoms with Gasteiger partial charge in [-0.2, -0.15) is 0 Å². The third kappa shape index (κ3) is 3.33. The molecule has 0 aromatic heterocycles. The molecular formula is C18H20O3S. The SMILES string of the molecule is CCOCC1C(=O)CC(=O)C(C2CC2)=C1Sc1ccccc1. The number of hydrogen-bond acceptors (Lipinski definition) is 4. The molecule has 3 rings (SSSR count). The van der Waals surface area contributed by atoms with Crippen LogP contribution in [0, 0.1) is 11.8 Å². The lowest BCUT2D eigenvalue weighted by molar-refractivity contribution is -0.129. The van der Waals surface area contributed by atoms with Crippen LogP contribution in [0.4, 0.5) is 0 Å². The molecule has 0 aliphatic heterocycles. The molecule has 22 heavy (non-hydrogen) atoms. The summed E-state index contributed by atoms with van der Waals surface area (Å²) in [6, 6.07) is 9.95. The molecule has 1 saturated carbocycles. The van der Waals surface area contributed by atoms with Gasteiger partial charge in [-0.3, -0.25) is 9.59 Å². The second kappa shape index (κ2) is 6.80. The minimum atomic E-state index is -0.279. The van der Waals surface area contributed by atoms with Crippen LogP contribution in [0.5, 0.6) is 0 Å². The first kappa shape index (κ1) is 15.5. The second-order valence-electron chi connectivity index (χ2n) is 5.75. The van der Waals surface area contributed by atoms with E-state index in [9.17, 15) is 9.59 Å². The third-order valence-electron chi connectivity index (χ3n) is 4.05. The normalized spacial score (nSPS) is 22.3. The van der Waals surface area contributed by atoms with Gasteiger partial charge in [0.2, 0.25) is 0 Å². The van der Waals surface area contributed by atoms with Crippen LogP contribution in [-0.2, 0) is 14.3 Å². The van der Waals surface area contributed by atoms with Crippen molar-refractivity contribution in [1.82, 2.24) is 0 Å². The van der Waals surface area contributed by atoms with Gasteiger partial charge in [-0.05, 0) is 37.8 Å². The van der Waals surface area contributed by atoms with Gasteiger partial charge in [-0.25, -0.2) is 0 Å². The average molecular weight is 316 g/mol. The molecule has 4 heteroatoms. The molecule has 1 aromatic rings. The molecule has 2 aliphatic carbocycles. The Bertz CT molecular complexity index is 602. The molecule has 0 radical (unpaired) electrons. The predicted octanol–water partition coefficient (Wildman–Crippen LogP) is 3.64. The molecule has 0 bridgehead atoms. The first-order chi connectivity index (χ1) is 10.7. The van der Waals surface area contributed by atoms with Gasteiger partial charge in [0.1, 0.15) is 0 Å². The van der Waals surface area contributed by atoms with Crippen LogP contribution in [0.1, 0.15) is 26.2 Å². The quantitative estimate of drug-likeness (QED) is 0.752. The predicted molar refractivity (Wildman–Crippen MR) is 86.7 cm³/mol. The van der Waals surface area contributed by atoms with E-state index in [4.69, 9.17) is 4.74 Å². The Hall–Kier alpha value is -1.39.